The van der Waals surface area contributed by atoms with E-state index in [-0.39, 0.29) is 31.4 Å². The number of H-pyrrole nitrogens is 1. The van der Waals surface area contributed by atoms with Gasteiger partial charge < -0.3 is 10.3 Å². The normalized spacial score (nSPS) is 14.8. The molecule has 0 atom stereocenters. The van der Waals surface area contributed by atoms with Crippen molar-refractivity contribution < 1.29 is 13.2 Å². The van der Waals surface area contributed by atoms with Crippen molar-refractivity contribution in [1.82, 2.24) is 15.3 Å². The molecule has 1 fully saturated rings. The summed E-state index contributed by atoms with van der Waals surface area (Å²) in [4.78, 5) is 7.19. The highest BCUT2D eigenvalue weighted by Crippen LogP contribution is 2.35. The third-order valence-electron chi connectivity index (χ3n) is 5.94. The van der Waals surface area contributed by atoms with Crippen molar-refractivity contribution in [2.75, 3.05) is 6.54 Å². The quantitative estimate of drug-likeness (QED) is 0.373. The minimum absolute atomic E-state index is 0. The Morgan fingerprint density at radius 3 is 2.42 bits per heavy atom. The highest BCUT2D eigenvalue weighted by Gasteiger charge is 2.33. The third kappa shape index (κ3) is 6.37. The van der Waals surface area contributed by atoms with Gasteiger partial charge >= 0.3 is 6.18 Å². The molecule has 3 aromatic rings. The van der Waals surface area contributed by atoms with E-state index in [0.29, 0.717) is 11.1 Å². The van der Waals surface area contributed by atoms with Gasteiger partial charge in [-0.3, -0.25) is 0 Å². The predicted molar refractivity (Wildman–Crippen MR) is 124 cm³/mol. The molecule has 0 radical (unpaired) electrons. The van der Waals surface area contributed by atoms with Crippen LogP contribution in [0.25, 0.3) is 22.2 Å². The molecular weight excluding hydrogens is 446 g/mol. The van der Waals surface area contributed by atoms with Gasteiger partial charge in [0.1, 0.15) is 0 Å². The van der Waals surface area contributed by atoms with Gasteiger partial charge in [0.15, 0.2) is 0 Å². The van der Waals surface area contributed by atoms with Crippen molar-refractivity contribution in [3.63, 3.8) is 0 Å². The van der Waals surface area contributed by atoms with Crippen molar-refractivity contribution in [2.24, 2.45) is 5.92 Å². The molecule has 2 N–H and O–H groups in total. The molecule has 1 aromatic heterocycles. The molecule has 1 aliphatic rings. The third-order valence-corrected chi connectivity index (χ3v) is 5.94. The van der Waals surface area contributed by atoms with Crippen LogP contribution in [-0.4, -0.2) is 16.5 Å². The Labute approximate surface area is 193 Å². The van der Waals surface area contributed by atoms with Crippen LogP contribution in [0.2, 0.25) is 0 Å². The maximum Gasteiger partial charge on any atom is 0.416 e. The van der Waals surface area contributed by atoms with Crippen LogP contribution in [0.5, 0.6) is 0 Å². The van der Waals surface area contributed by atoms with Crippen molar-refractivity contribution in [1.29, 1.82) is 0 Å². The first-order valence-electron chi connectivity index (χ1n) is 10.3. The van der Waals surface area contributed by atoms with Crippen molar-refractivity contribution in [2.45, 2.75) is 51.2 Å². The van der Waals surface area contributed by atoms with E-state index in [1.54, 1.807) is 18.5 Å². The number of imidazole rings is 1. The molecule has 3 nitrogen and oxygen atoms in total. The van der Waals surface area contributed by atoms with Gasteiger partial charge in [-0.2, -0.15) is 13.2 Å². The Morgan fingerprint density at radius 1 is 0.968 bits per heavy atom. The number of aromatic nitrogens is 2. The van der Waals surface area contributed by atoms with Gasteiger partial charge in [-0.05, 0) is 53.8 Å². The number of hydrogen-bond donors (Lipinski definition) is 2. The van der Waals surface area contributed by atoms with Crippen LogP contribution in [0.4, 0.5) is 13.2 Å². The number of aromatic amines is 1. The lowest BCUT2D eigenvalue weighted by molar-refractivity contribution is -0.138. The van der Waals surface area contributed by atoms with Crippen LogP contribution in [0.15, 0.2) is 42.7 Å². The van der Waals surface area contributed by atoms with Crippen LogP contribution in [0.1, 0.15) is 49.7 Å². The molecule has 31 heavy (non-hydrogen) atoms. The summed E-state index contributed by atoms with van der Waals surface area (Å²) in [5.74, 6) is 0.720. The average Bonchev–Trinajstić information content (AvgIpc) is 3.19. The Balaban J connectivity index is 0.00000171. The molecule has 0 aliphatic heterocycles. The van der Waals surface area contributed by atoms with E-state index in [1.165, 1.54) is 38.2 Å². The lowest BCUT2D eigenvalue weighted by atomic mass is 9.87. The molecule has 8 heteroatoms. The fraction of sp³-hybridized carbons (Fsp3) is 0.435. The van der Waals surface area contributed by atoms with Gasteiger partial charge in [0.05, 0.1) is 22.9 Å². The van der Waals surface area contributed by atoms with Gasteiger partial charge in [-0.25, -0.2) is 4.98 Å². The van der Waals surface area contributed by atoms with Gasteiger partial charge in [0, 0.05) is 6.54 Å². The van der Waals surface area contributed by atoms with E-state index in [9.17, 15) is 13.2 Å². The van der Waals surface area contributed by atoms with E-state index in [4.69, 9.17) is 0 Å². The number of alkyl halides is 3. The highest BCUT2D eigenvalue weighted by molar-refractivity contribution is 5.85. The van der Waals surface area contributed by atoms with Crippen molar-refractivity contribution >= 4 is 35.8 Å². The summed E-state index contributed by atoms with van der Waals surface area (Å²) in [6, 6.07) is 10.1. The van der Waals surface area contributed by atoms with Crippen LogP contribution in [0.3, 0.4) is 0 Å². The van der Waals surface area contributed by atoms with Crippen LogP contribution >= 0.6 is 24.8 Å². The van der Waals surface area contributed by atoms with Crippen molar-refractivity contribution in [3.05, 3.63) is 53.9 Å². The lowest BCUT2D eigenvalue weighted by Gasteiger charge is -2.21. The Kier molecular flexibility index (Phi) is 9.22. The number of benzene rings is 2. The molecule has 170 valence electrons. The van der Waals surface area contributed by atoms with E-state index >= 15 is 0 Å². The summed E-state index contributed by atoms with van der Waals surface area (Å²) in [7, 11) is 0. The van der Waals surface area contributed by atoms with E-state index in [1.807, 2.05) is 18.2 Å². The fourth-order valence-corrected chi connectivity index (χ4v) is 4.29. The fourth-order valence-electron chi connectivity index (χ4n) is 4.29. The second kappa shape index (κ2) is 11.2. The zero-order valence-corrected chi connectivity index (χ0v) is 18.8. The van der Waals surface area contributed by atoms with E-state index in [2.05, 4.69) is 15.3 Å². The topological polar surface area (TPSA) is 40.7 Å². The Bertz CT molecular complexity index is 966. The zero-order valence-electron chi connectivity index (χ0n) is 17.2. The number of nitrogens with zero attached hydrogens (tertiary/aromatic N) is 1. The molecule has 1 saturated carbocycles. The lowest BCUT2D eigenvalue weighted by Crippen LogP contribution is -2.21. The predicted octanol–water partition coefficient (Wildman–Crippen LogP) is 7.15. The Morgan fingerprint density at radius 2 is 1.68 bits per heavy atom. The SMILES string of the molecule is Cl.Cl.FC(F)(F)c1cc(-c2ccc3[nH]cnc3c2)ccc1CNCCC1CCCCC1. The summed E-state index contributed by atoms with van der Waals surface area (Å²) < 4.78 is 41.1. The monoisotopic (exact) mass is 473 g/mol. The number of halogens is 5. The highest BCUT2D eigenvalue weighted by atomic mass is 35.5. The summed E-state index contributed by atoms with van der Waals surface area (Å²) in [6.07, 6.45) is 4.64. The van der Waals surface area contributed by atoms with Gasteiger partial charge in [-0.1, -0.05) is 50.3 Å². The number of hydrogen-bond acceptors (Lipinski definition) is 2. The van der Waals surface area contributed by atoms with E-state index < -0.39 is 11.7 Å². The summed E-state index contributed by atoms with van der Waals surface area (Å²) >= 11 is 0. The Hall–Kier alpha value is -1.76. The molecular formula is C23H28Cl2F3N3. The summed E-state index contributed by atoms with van der Waals surface area (Å²) in [5.41, 5.74) is 2.61. The maximum atomic E-state index is 13.7. The van der Waals surface area contributed by atoms with E-state index in [0.717, 1.165) is 35.5 Å². The number of rotatable bonds is 6. The van der Waals surface area contributed by atoms with Crippen LogP contribution in [-0.2, 0) is 12.7 Å². The number of nitrogens with one attached hydrogen (secondary N) is 2. The second-order valence-corrected chi connectivity index (χ2v) is 7.97. The smallest absolute Gasteiger partial charge is 0.345 e. The first-order chi connectivity index (χ1) is 14.0. The van der Waals surface area contributed by atoms with Crippen LogP contribution in [0, 0.1) is 5.92 Å². The maximum absolute atomic E-state index is 13.7. The molecule has 0 bridgehead atoms. The minimum atomic E-state index is -4.38. The largest absolute Gasteiger partial charge is 0.416 e. The standard InChI is InChI=1S/C23H26F3N3.2ClH/c24-23(25,26)20-12-17(18-8-9-21-22(13-18)29-15-28-21)6-7-19(20)14-27-11-10-16-4-2-1-3-5-16;;/h6-9,12-13,15-16,27H,1-5,10-11,14H2,(H,28,29);2*1H. The van der Waals surface area contributed by atoms with Gasteiger partial charge in [-0.15, -0.1) is 24.8 Å². The van der Waals surface area contributed by atoms with Crippen LogP contribution < -0.4 is 5.32 Å². The molecule has 2 aromatic carbocycles. The van der Waals surface area contributed by atoms with Gasteiger partial charge in [0.25, 0.3) is 0 Å². The molecule has 0 amide bonds. The molecule has 1 aliphatic carbocycles. The summed E-state index contributed by atoms with van der Waals surface area (Å²) in [5, 5.41) is 3.23. The molecule has 0 saturated heterocycles. The first kappa shape index (κ1) is 25.5. The zero-order chi connectivity index (χ0) is 20.3. The molecule has 0 spiro atoms. The molecule has 4 rings (SSSR count). The minimum Gasteiger partial charge on any atom is -0.345 e. The number of fused-ring (bicyclic) bond motifs is 1. The second-order valence-electron chi connectivity index (χ2n) is 7.97. The van der Waals surface area contributed by atoms with Gasteiger partial charge in [0.2, 0.25) is 0 Å². The molecule has 0 unspecified atom stereocenters. The first-order valence-corrected chi connectivity index (χ1v) is 10.3. The van der Waals surface area contributed by atoms with Crippen molar-refractivity contribution in [3.8, 4) is 11.1 Å². The molecule has 1 heterocycles. The summed E-state index contributed by atoms with van der Waals surface area (Å²) in [6.45, 7) is 1.000. The average molecular weight is 474 g/mol.